The molecule has 0 N–H and O–H groups in total. The largest absolute Gasteiger partial charge is 1.00 e. The normalized spacial score (nSPS) is 15.4. The number of carbonyl (C=O) groups is 1. The molecular weight excluding hydrogens is 345 g/mol. The van der Waals surface area contributed by atoms with Gasteiger partial charge >= 0.3 is 29.6 Å². The number of ether oxygens (including phenoxy) is 1. The quantitative estimate of drug-likeness (QED) is 0.658. The predicted molar refractivity (Wildman–Crippen MR) is 94.4 cm³/mol. The van der Waals surface area contributed by atoms with Gasteiger partial charge in [0.1, 0.15) is 12.4 Å². The van der Waals surface area contributed by atoms with Crippen LogP contribution in [0.1, 0.15) is 32.3 Å². The Hall–Kier alpha value is -0.980. The van der Waals surface area contributed by atoms with Gasteiger partial charge in [-0.3, -0.25) is 0 Å². The average Bonchev–Trinajstić information content (AvgIpc) is 2.71. The zero-order chi connectivity index (χ0) is 17.1. The molecule has 0 aliphatic carbocycles. The summed E-state index contributed by atoms with van der Waals surface area (Å²) in [7, 11) is 4.10. The minimum absolute atomic E-state index is 0. The van der Waals surface area contributed by atoms with Gasteiger partial charge in [-0.05, 0) is 49.0 Å². The first-order chi connectivity index (χ1) is 11.6. The van der Waals surface area contributed by atoms with Crippen LogP contribution in [0.3, 0.4) is 0 Å². The van der Waals surface area contributed by atoms with Crippen molar-refractivity contribution in [1.29, 1.82) is 0 Å². The molecule has 1 unspecified atom stereocenters. The number of hydrogen-bond donors (Lipinski definition) is 0. The van der Waals surface area contributed by atoms with Gasteiger partial charge in [-0.25, -0.2) is 0 Å². The molecule has 1 aliphatic heterocycles. The smallest absolute Gasteiger partial charge is 0.545 e. The standard InChI is InChI=1S/C19H21NO3S.Na/c1-20(2)9-10-24-18-15-6-4-3-5-14(15)12-23-17-8-7-13(19(21)22)11-16(17)18;/h3-8,11,18H,9-10,12H2,1-2H3,(H,21,22);/q;+1/p-1. The van der Waals surface area contributed by atoms with E-state index < -0.39 is 5.97 Å². The minimum Gasteiger partial charge on any atom is -0.545 e. The molecule has 2 aromatic rings. The summed E-state index contributed by atoms with van der Waals surface area (Å²) in [4.78, 5) is 13.4. The molecule has 0 fully saturated rings. The number of benzene rings is 2. The summed E-state index contributed by atoms with van der Waals surface area (Å²) in [5.41, 5.74) is 3.43. The van der Waals surface area contributed by atoms with Gasteiger partial charge in [-0.2, -0.15) is 0 Å². The van der Waals surface area contributed by atoms with E-state index in [9.17, 15) is 9.90 Å². The van der Waals surface area contributed by atoms with Crippen LogP contribution in [0.4, 0.5) is 0 Å². The maximum Gasteiger partial charge on any atom is 1.00 e. The second-order valence-electron chi connectivity index (χ2n) is 6.08. The molecule has 0 radical (unpaired) electrons. The van der Waals surface area contributed by atoms with E-state index in [4.69, 9.17) is 4.74 Å². The van der Waals surface area contributed by atoms with Crippen molar-refractivity contribution in [2.75, 3.05) is 26.4 Å². The van der Waals surface area contributed by atoms with Crippen LogP contribution in [0, 0.1) is 0 Å². The SMILES string of the molecule is CN(C)CCSC1c2ccccc2COc2ccc(C(=O)[O-])cc21.[Na+]. The van der Waals surface area contributed by atoms with Crippen molar-refractivity contribution < 1.29 is 44.2 Å². The summed E-state index contributed by atoms with van der Waals surface area (Å²) in [6.07, 6.45) is 0. The van der Waals surface area contributed by atoms with Crippen molar-refractivity contribution in [1.82, 2.24) is 4.90 Å². The topological polar surface area (TPSA) is 52.6 Å². The molecule has 1 atom stereocenters. The second-order valence-corrected chi connectivity index (χ2v) is 7.29. The Morgan fingerprint density at radius 3 is 2.72 bits per heavy atom. The zero-order valence-corrected chi connectivity index (χ0v) is 17.6. The Morgan fingerprint density at radius 1 is 1.24 bits per heavy atom. The summed E-state index contributed by atoms with van der Waals surface area (Å²) in [5, 5.41) is 11.3. The summed E-state index contributed by atoms with van der Waals surface area (Å²) < 4.78 is 5.93. The summed E-state index contributed by atoms with van der Waals surface area (Å²) in [6, 6.07) is 13.2. The zero-order valence-electron chi connectivity index (χ0n) is 14.8. The van der Waals surface area contributed by atoms with Gasteiger partial charge in [0.05, 0.1) is 11.2 Å². The van der Waals surface area contributed by atoms with Crippen LogP contribution in [0.5, 0.6) is 5.75 Å². The van der Waals surface area contributed by atoms with E-state index in [1.807, 2.05) is 38.0 Å². The van der Waals surface area contributed by atoms with Crippen LogP contribution in [0.2, 0.25) is 0 Å². The number of fused-ring (bicyclic) bond motifs is 2. The first-order valence-electron chi connectivity index (χ1n) is 7.88. The number of thioether (sulfide) groups is 1. The molecular formula is C19H20NNaO3S. The molecule has 0 saturated heterocycles. The summed E-state index contributed by atoms with van der Waals surface area (Å²) in [6.45, 7) is 1.46. The van der Waals surface area contributed by atoms with Gasteiger partial charge in [0, 0.05) is 17.9 Å². The Morgan fingerprint density at radius 2 is 2.00 bits per heavy atom. The number of carbonyl (C=O) groups excluding carboxylic acids is 1. The van der Waals surface area contributed by atoms with E-state index in [1.54, 1.807) is 18.2 Å². The molecule has 1 heterocycles. The number of nitrogens with zero attached hydrogens (tertiary/aromatic N) is 1. The minimum atomic E-state index is -1.16. The maximum atomic E-state index is 11.3. The monoisotopic (exact) mass is 365 g/mol. The van der Waals surface area contributed by atoms with Crippen LogP contribution in [0.15, 0.2) is 42.5 Å². The van der Waals surface area contributed by atoms with E-state index >= 15 is 0 Å². The van der Waals surface area contributed by atoms with E-state index in [0.717, 1.165) is 29.2 Å². The molecule has 1 aliphatic rings. The third-order valence-corrected chi connectivity index (χ3v) is 5.33. The Kier molecular flexibility index (Phi) is 7.40. The van der Waals surface area contributed by atoms with E-state index in [0.29, 0.717) is 6.61 Å². The molecule has 2 aromatic carbocycles. The van der Waals surface area contributed by atoms with Crippen molar-refractivity contribution in [3.8, 4) is 5.75 Å². The second kappa shape index (κ2) is 9.10. The van der Waals surface area contributed by atoms with Crippen LogP contribution in [0.25, 0.3) is 0 Å². The molecule has 0 spiro atoms. The van der Waals surface area contributed by atoms with Crippen molar-refractivity contribution in [2.24, 2.45) is 0 Å². The molecule has 0 amide bonds. The first kappa shape index (κ1) is 20.3. The fourth-order valence-electron chi connectivity index (χ4n) is 2.79. The van der Waals surface area contributed by atoms with Gasteiger partial charge in [0.15, 0.2) is 0 Å². The molecule has 0 aromatic heterocycles. The fourth-order valence-corrected chi connectivity index (χ4v) is 4.27. The van der Waals surface area contributed by atoms with Crippen LogP contribution in [-0.4, -0.2) is 37.3 Å². The van der Waals surface area contributed by atoms with E-state index in [-0.39, 0.29) is 40.4 Å². The van der Waals surface area contributed by atoms with E-state index in [2.05, 4.69) is 17.0 Å². The fraction of sp³-hybridized carbons (Fsp3) is 0.316. The van der Waals surface area contributed by atoms with Crippen molar-refractivity contribution in [3.05, 3.63) is 64.7 Å². The summed E-state index contributed by atoms with van der Waals surface area (Å²) >= 11 is 1.81. The van der Waals surface area contributed by atoms with Crippen LogP contribution in [-0.2, 0) is 6.61 Å². The van der Waals surface area contributed by atoms with E-state index in [1.165, 1.54) is 5.56 Å². The molecule has 126 valence electrons. The molecule has 25 heavy (non-hydrogen) atoms. The van der Waals surface area contributed by atoms with Gasteiger partial charge in [0.25, 0.3) is 0 Å². The Bertz CT molecular complexity index is 751. The molecule has 0 bridgehead atoms. The van der Waals surface area contributed by atoms with Gasteiger partial charge in [-0.15, -0.1) is 11.8 Å². The Labute approximate surface area is 174 Å². The molecule has 0 saturated carbocycles. The first-order valence-corrected chi connectivity index (χ1v) is 8.93. The number of carboxylic acids is 1. The third-order valence-electron chi connectivity index (χ3n) is 4.07. The maximum absolute atomic E-state index is 11.3. The third kappa shape index (κ3) is 4.80. The van der Waals surface area contributed by atoms with Crippen molar-refractivity contribution in [3.63, 3.8) is 0 Å². The number of rotatable bonds is 5. The van der Waals surface area contributed by atoms with Crippen LogP contribution < -0.4 is 39.4 Å². The Balaban J connectivity index is 0.00000225. The predicted octanol–water partition coefficient (Wildman–Crippen LogP) is -0.669. The number of carboxylic acid groups (broad SMARTS) is 1. The number of aromatic carboxylic acids is 1. The van der Waals surface area contributed by atoms with Crippen LogP contribution >= 0.6 is 11.8 Å². The molecule has 6 heteroatoms. The average molecular weight is 365 g/mol. The molecule has 4 nitrogen and oxygen atoms in total. The van der Waals surface area contributed by atoms with Gasteiger partial charge in [-0.1, -0.05) is 24.3 Å². The van der Waals surface area contributed by atoms with Gasteiger partial charge in [0.2, 0.25) is 0 Å². The number of hydrogen-bond acceptors (Lipinski definition) is 5. The van der Waals surface area contributed by atoms with Gasteiger partial charge < -0.3 is 19.5 Å². The van der Waals surface area contributed by atoms with Crippen molar-refractivity contribution in [2.45, 2.75) is 11.9 Å². The van der Waals surface area contributed by atoms with Crippen molar-refractivity contribution >= 4 is 17.7 Å². The summed E-state index contributed by atoms with van der Waals surface area (Å²) in [5.74, 6) is 0.534. The molecule has 3 rings (SSSR count).